The predicted molar refractivity (Wildman–Crippen MR) is 182 cm³/mol. The molecular formula is C31H37Cl2N9O3. The number of carbonyl (C=O) groups is 2. The summed E-state index contributed by atoms with van der Waals surface area (Å²) in [6, 6.07) is 13.1. The van der Waals surface area contributed by atoms with Gasteiger partial charge >= 0.3 is 0 Å². The zero-order valence-electron chi connectivity index (χ0n) is 25.2. The number of aromatic amines is 1. The summed E-state index contributed by atoms with van der Waals surface area (Å²) in [7, 11) is 2.12. The zero-order valence-corrected chi connectivity index (χ0v) is 26.7. The fourth-order valence-corrected chi connectivity index (χ4v) is 5.17. The lowest BCUT2D eigenvalue weighted by atomic mass is 10.1. The highest BCUT2D eigenvalue weighted by Crippen LogP contribution is 2.27. The number of aromatic nitrogens is 3. The molecule has 5 rings (SSSR count). The minimum absolute atomic E-state index is 0. The zero-order chi connectivity index (χ0) is 31.2. The third-order valence-corrected chi connectivity index (χ3v) is 7.81. The average molecular weight is 655 g/mol. The number of hydrogen-bond donors (Lipinski definition) is 4. The summed E-state index contributed by atoms with van der Waals surface area (Å²) >= 11 is 6.39. The molecule has 238 valence electrons. The van der Waals surface area contributed by atoms with E-state index >= 15 is 0 Å². The van der Waals surface area contributed by atoms with Gasteiger partial charge in [-0.2, -0.15) is 4.98 Å². The van der Waals surface area contributed by atoms with Crippen molar-refractivity contribution in [2.24, 2.45) is 0 Å². The number of nitrogens with one attached hydrogen (secondary N) is 3. The van der Waals surface area contributed by atoms with E-state index in [9.17, 15) is 14.4 Å². The monoisotopic (exact) mass is 653 g/mol. The molecule has 2 aromatic heterocycles. The summed E-state index contributed by atoms with van der Waals surface area (Å²) in [6.45, 7) is 8.08. The van der Waals surface area contributed by atoms with Crippen molar-refractivity contribution in [1.82, 2.24) is 24.8 Å². The first-order valence-corrected chi connectivity index (χ1v) is 14.9. The highest BCUT2D eigenvalue weighted by molar-refractivity contribution is 6.34. The van der Waals surface area contributed by atoms with E-state index < -0.39 is 11.5 Å². The van der Waals surface area contributed by atoms with Crippen LogP contribution in [0.25, 0.3) is 11.0 Å². The first kappa shape index (κ1) is 33.7. The second kappa shape index (κ2) is 15.2. The first-order chi connectivity index (χ1) is 21.2. The van der Waals surface area contributed by atoms with E-state index in [1.54, 1.807) is 35.4 Å². The number of rotatable bonds is 10. The van der Waals surface area contributed by atoms with Crippen molar-refractivity contribution in [3.05, 3.63) is 81.2 Å². The maximum absolute atomic E-state index is 13.5. The lowest BCUT2D eigenvalue weighted by molar-refractivity contribution is 0.0984. The number of fused-ring (bicyclic) bond motifs is 1. The van der Waals surface area contributed by atoms with Gasteiger partial charge in [0.2, 0.25) is 5.95 Å². The van der Waals surface area contributed by atoms with E-state index in [1.165, 1.54) is 18.2 Å². The molecule has 0 bridgehead atoms. The third kappa shape index (κ3) is 8.28. The molecule has 14 heteroatoms. The van der Waals surface area contributed by atoms with Crippen LogP contribution in [0.1, 0.15) is 34.1 Å². The Labute approximate surface area is 272 Å². The summed E-state index contributed by atoms with van der Waals surface area (Å²) in [4.78, 5) is 57.4. The summed E-state index contributed by atoms with van der Waals surface area (Å²) in [5.74, 6) is -0.573. The molecule has 2 aromatic carbocycles. The van der Waals surface area contributed by atoms with Crippen molar-refractivity contribution in [2.45, 2.75) is 13.3 Å². The van der Waals surface area contributed by atoms with Crippen molar-refractivity contribution in [3.8, 4) is 0 Å². The van der Waals surface area contributed by atoms with Crippen LogP contribution in [-0.2, 0) is 0 Å². The number of nitrogen functional groups attached to an aromatic ring is 1. The highest BCUT2D eigenvalue weighted by atomic mass is 35.5. The highest BCUT2D eigenvalue weighted by Gasteiger charge is 2.20. The van der Waals surface area contributed by atoms with Crippen molar-refractivity contribution in [3.63, 3.8) is 0 Å². The lowest BCUT2D eigenvalue weighted by Gasteiger charge is -2.32. The van der Waals surface area contributed by atoms with Crippen LogP contribution in [0, 0.1) is 0 Å². The van der Waals surface area contributed by atoms with Crippen LogP contribution in [0.4, 0.5) is 23.0 Å². The maximum atomic E-state index is 13.5. The number of carbonyl (C=O) groups excluding carboxylic acids is 2. The molecule has 12 nitrogen and oxygen atoms in total. The van der Waals surface area contributed by atoms with Gasteiger partial charge in [-0.3, -0.25) is 19.3 Å². The number of anilines is 4. The van der Waals surface area contributed by atoms with Gasteiger partial charge in [-0.25, -0.2) is 4.98 Å². The van der Waals surface area contributed by atoms with Crippen LogP contribution >= 0.6 is 24.0 Å². The number of pyridine rings is 1. The fourth-order valence-electron chi connectivity index (χ4n) is 5.01. The van der Waals surface area contributed by atoms with Crippen LogP contribution in [0.2, 0.25) is 5.02 Å². The van der Waals surface area contributed by atoms with Crippen molar-refractivity contribution in [1.29, 1.82) is 0 Å². The largest absolute Gasteiger partial charge is 0.399 e. The summed E-state index contributed by atoms with van der Waals surface area (Å²) in [5.41, 5.74) is 7.21. The predicted octanol–water partition coefficient (Wildman–Crippen LogP) is 3.94. The normalized spacial score (nSPS) is 13.7. The van der Waals surface area contributed by atoms with Gasteiger partial charge in [0.05, 0.1) is 10.7 Å². The molecule has 4 aromatic rings. The lowest BCUT2D eigenvalue weighted by Crippen LogP contribution is -2.45. The van der Waals surface area contributed by atoms with Crippen LogP contribution in [0.15, 0.2) is 59.5 Å². The van der Waals surface area contributed by atoms with Gasteiger partial charge in [0, 0.05) is 74.3 Å². The molecule has 0 aliphatic carbocycles. The second-order valence-electron chi connectivity index (χ2n) is 10.8. The van der Waals surface area contributed by atoms with E-state index in [0.29, 0.717) is 47.0 Å². The molecular weight excluding hydrogens is 617 g/mol. The minimum atomic E-state index is -0.685. The molecule has 3 heterocycles. The summed E-state index contributed by atoms with van der Waals surface area (Å²) < 4.78 is 0. The molecule has 1 aliphatic heterocycles. The Hall–Kier alpha value is -4.23. The number of nitrogens with two attached hydrogens (primary N) is 1. The van der Waals surface area contributed by atoms with Gasteiger partial charge < -0.3 is 31.2 Å². The molecule has 45 heavy (non-hydrogen) atoms. The quantitative estimate of drug-likeness (QED) is 0.186. The Bertz CT molecular complexity index is 1720. The Morgan fingerprint density at radius 2 is 1.89 bits per heavy atom. The molecule has 0 saturated carbocycles. The SMILES string of the molecule is CCCN(C(=O)c1ccc(Cl)c(NC(=O)c2cc3cnc(NCCN4CCN(C)CC4)nc3[nH]c2=O)c1)c1cccc(N)c1.Cl. The number of halogens is 2. The van der Waals surface area contributed by atoms with Gasteiger partial charge in [-0.05, 0) is 55.9 Å². The molecule has 0 atom stereocenters. The number of nitrogens with zero attached hydrogens (tertiary/aromatic N) is 5. The maximum Gasteiger partial charge on any atom is 0.262 e. The van der Waals surface area contributed by atoms with Gasteiger partial charge in [0.1, 0.15) is 11.2 Å². The van der Waals surface area contributed by atoms with Crippen LogP contribution < -0.4 is 26.8 Å². The average Bonchev–Trinajstić information content (AvgIpc) is 3.01. The van der Waals surface area contributed by atoms with Gasteiger partial charge in [0.15, 0.2) is 0 Å². The second-order valence-corrected chi connectivity index (χ2v) is 11.2. The van der Waals surface area contributed by atoms with E-state index in [0.717, 1.165) is 39.1 Å². The van der Waals surface area contributed by atoms with Gasteiger partial charge in [-0.15, -0.1) is 12.4 Å². The molecule has 1 saturated heterocycles. The number of likely N-dealkylation sites (N-methyl/N-ethyl adjacent to an activating group) is 1. The van der Waals surface area contributed by atoms with Gasteiger partial charge in [0.25, 0.3) is 17.4 Å². The van der Waals surface area contributed by atoms with Crippen LogP contribution in [0.3, 0.4) is 0 Å². The number of piperazine rings is 1. The number of amides is 2. The van der Waals surface area contributed by atoms with E-state index in [4.69, 9.17) is 17.3 Å². The fraction of sp³-hybridized carbons (Fsp3) is 0.323. The van der Waals surface area contributed by atoms with Gasteiger partial charge in [-0.1, -0.05) is 24.6 Å². The molecule has 2 amide bonds. The van der Waals surface area contributed by atoms with E-state index in [1.807, 2.05) is 13.0 Å². The Morgan fingerprint density at radius 3 is 2.62 bits per heavy atom. The molecule has 0 radical (unpaired) electrons. The standard InChI is InChI=1S/C31H36ClN9O3.ClH/c1-3-10-41(23-6-4-5-22(33)18-23)30(44)20-7-8-25(32)26(17-20)36-28(42)24-16-21-19-35-31(38-27(21)37-29(24)43)34-9-11-40-14-12-39(2)13-15-40;/h4-8,16-19H,3,9-15,33H2,1-2H3,(H,36,42)(H2,34,35,37,38,43);1H. The third-order valence-electron chi connectivity index (χ3n) is 7.48. The van der Waals surface area contributed by atoms with Crippen LogP contribution in [-0.4, -0.2) is 89.4 Å². The topological polar surface area (TPSA) is 153 Å². The summed E-state index contributed by atoms with van der Waals surface area (Å²) in [6.07, 6.45) is 2.28. The molecule has 5 N–H and O–H groups in total. The van der Waals surface area contributed by atoms with Crippen molar-refractivity contribution in [2.75, 3.05) is 74.1 Å². The molecule has 0 spiro atoms. The number of benzene rings is 2. The number of H-pyrrole nitrogens is 1. The smallest absolute Gasteiger partial charge is 0.262 e. The van der Waals surface area contributed by atoms with Crippen molar-refractivity contribution < 1.29 is 9.59 Å². The van der Waals surface area contributed by atoms with Crippen LogP contribution in [0.5, 0.6) is 0 Å². The van der Waals surface area contributed by atoms with E-state index in [2.05, 4.69) is 42.4 Å². The molecule has 1 aliphatic rings. The Morgan fingerprint density at radius 1 is 1.11 bits per heavy atom. The first-order valence-electron chi connectivity index (χ1n) is 14.5. The Kier molecular flexibility index (Phi) is 11.3. The van der Waals surface area contributed by atoms with Crippen molar-refractivity contribution >= 4 is 69.9 Å². The number of hydrogen-bond acceptors (Lipinski definition) is 9. The summed E-state index contributed by atoms with van der Waals surface area (Å²) in [5, 5.41) is 6.59. The minimum Gasteiger partial charge on any atom is -0.399 e. The van der Waals surface area contributed by atoms with E-state index in [-0.39, 0.29) is 34.6 Å². The molecule has 1 fully saturated rings. The Balaban J connectivity index is 0.00000461. The molecule has 0 unspecified atom stereocenters.